The minimum atomic E-state index is 0.122. The molecule has 0 aliphatic carbocycles. The van der Waals surface area contributed by atoms with Crippen molar-refractivity contribution in [2.45, 2.75) is 59.8 Å². The molecule has 1 N–H and O–H groups in total. The van der Waals surface area contributed by atoms with Crippen LogP contribution in [0.15, 0.2) is 6.07 Å². The van der Waals surface area contributed by atoms with Gasteiger partial charge in [-0.15, -0.1) is 0 Å². The van der Waals surface area contributed by atoms with E-state index in [4.69, 9.17) is 9.47 Å². The van der Waals surface area contributed by atoms with Gasteiger partial charge in [-0.3, -0.25) is 0 Å². The molecule has 1 rings (SSSR count). The number of methoxy groups -OCH3 is 2. The highest BCUT2D eigenvalue weighted by molar-refractivity contribution is 5.58. The lowest BCUT2D eigenvalue weighted by Gasteiger charge is -2.19. The van der Waals surface area contributed by atoms with Gasteiger partial charge in [0, 0.05) is 5.56 Å². The van der Waals surface area contributed by atoms with E-state index in [1.54, 1.807) is 14.2 Å². The van der Waals surface area contributed by atoms with E-state index >= 15 is 0 Å². The summed E-state index contributed by atoms with van der Waals surface area (Å²) in [7, 11) is 3.20. The number of hydrogen-bond acceptors (Lipinski definition) is 3. The number of aromatic hydroxyl groups is 1. The molecule has 0 bridgehead atoms. The molecule has 0 atom stereocenters. The van der Waals surface area contributed by atoms with Crippen LogP contribution in [0.4, 0.5) is 0 Å². The zero-order chi connectivity index (χ0) is 16.7. The number of phenolic OH excluding ortho intramolecular Hbond substituents is 1. The summed E-state index contributed by atoms with van der Waals surface area (Å²) < 4.78 is 10.8. The quantitative estimate of drug-likeness (QED) is 0.699. The van der Waals surface area contributed by atoms with Gasteiger partial charge < -0.3 is 14.6 Å². The van der Waals surface area contributed by atoms with Gasteiger partial charge in [-0.1, -0.05) is 34.1 Å². The Kier molecular flexibility index (Phi) is 7.57. The number of benzene rings is 1. The highest BCUT2D eigenvalue weighted by Crippen LogP contribution is 2.42. The summed E-state index contributed by atoms with van der Waals surface area (Å²) in [4.78, 5) is 0. The van der Waals surface area contributed by atoms with Crippen molar-refractivity contribution in [3.05, 3.63) is 17.2 Å². The summed E-state index contributed by atoms with van der Waals surface area (Å²) in [6, 6.07) is 1.98. The second kappa shape index (κ2) is 8.92. The van der Waals surface area contributed by atoms with E-state index < -0.39 is 0 Å². The molecule has 0 aliphatic rings. The maximum absolute atomic E-state index is 10.3. The lowest BCUT2D eigenvalue weighted by atomic mass is 9.93. The molecule has 0 aromatic heterocycles. The molecular formula is C19H32O3. The summed E-state index contributed by atoms with van der Waals surface area (Å²) in [6.45, 7) is 8.93. The number of aryl methyl sites for hydroxylation is 1. The van der Waals surface area contributed by atoms with E-state index in [0.29, 0.717) is 23.3 Å². The Morgan fingerprint density at radius 1 is 0.955 bits per heavy atom. The van der Waals surface area contributed by atoms with Crippen molar-refractivity contribution < 1.29 is 14.6 Å². The molecule has 0 fully saturated rings. The van der Waals surface area contributed by atoms with Crippen molar-refractivity contribution in [2.75, 3.05) is 14.2 Å². The second-order valence-corrected chi connectivity index (χ2v) is 6.82. The van der Waals surface area contributed by atoms with Gasteiger partial charge in [-0.05, 0) is 49.1 Å². The number of rotatable bonds is 9. The Hall–Kier alpha value is -1.38. The van der Waals surface area contributed by atoms with Crippen LogP contribution < -0.4 is 9.47 Å². The van der Waals surface area contributed by atoms with Crippen LogP contribution in [0.25, 0.3) is 0 Å². The summed E-state index contributed by atoms with van der Waals surface area (Å²) in [5.41, 5.74) is 2.38. The van der Waals surface area contributed by atoms with Gasteiger partial charge in [-0.2, -0.15) is 0 Å². The van der Waals surface area contributed by atoms with Gasteiger partial charge in [0.25, 0.3) is 0 Å². The van der Waals surface area contributed by atoms with E-state index in [2.05, 4.69) is 27.7 Å². The standard InChI is InChI=1S/C19H32O3/c1-13(2)8-7-9-15-12-17(21-5)18(20)19(22-6)16(15)11-10-14(3)4/h12-14,20H,7-11H2,1-6H3. The summed E-state index contributed by atoms with van der Waals surface area (Å²) in [5.74, 6) is 2.54. The van der Waals surface area contributed by atoms with Crippen LogP contribution >= 0.6 is 0 Å². The van der Waals surface area contributed by atoms with Crippen LogP contribution in [0.1, 0.15) is 58.1 Å². The Bertz CT molecular complexity index is 464. The molecule has 0 radical (unpaired) electrons. The first-order chi connectivity index (χ1) is 10.4. The van der Waals surface area contributed by atoms with Gasteiger partial charge >= 0.3 is 0 Å². The first-order valence-corrected chi connectivity index (χ1v) is 8.36. The smallest absolute Gasteiger partial charge is 0.201 e. The molecule has 0 spiro atoms. The van der Waals surface area contributed by atoms with Crippen LogP contribution in [0, 0.1) is 11.8 Å². The molecule has 126 valence electrons. The molecule has 3 heteroatoms. The molecule has 1 aromatic carbocycles. The van der Waals surface area contributed by atoms with E-state index in [9.17, 15) is 5.11 Å². The number of hydrogen-bond donors (Lipinski definition) is 1. The molecule has 0 unspecified atom stereocenters. The van der Waals surface area contributed by atoms with Crippen molar-refractivity contribution >= 4 is 0 Å². The molecular weight excluding hydrogens is 276 g/mol. The fraction of sp³-hybridized carbons (Fsp3) is 0.684. The third-order valence-electron chi connectivity index (χ3n) is 4.04. The molecule has 22 heavy (non-hydrogen) atoms. The van der Waals surface area contributed by atoms with Gasteiger partial charge in [0.2, 0.25) is 5.75 Å². The SMILES string of the molecule is COc1cc(CCCC(C)C)c(CCC(C)C)c(OC)c1O. The van der Waals surface area contributed by atoms with Crippen LogP contribution in [-0.4, -0.2) is 19.3 Å². The maximum Gasteiger partial charge on any atom is 0.201 e. The molecule has 0 heterocycles. The Morgan fingerprint density at radius 3 is 2.09 bits per heavy atom. The van der Waals surface area contributed by atoms with E-state index in [1.165, 1.54) is 12.0 Å². The van der Waals surface area contributed by atoms with Gasteiger partial charge in [0.05, 0.1) is 14.2 Å². The normalized spacial score (nSPS) is 11.3. The van der Waals surface area contributed by atoms with E-state index in [1.807, 2.05) is 6.07 Å². The lowest BCUT2D eigenvalue weighted by Crippen LogP contribution is -2.04. The number of ether oxygens (including phenoxy) is 2. The minimum absolute atomic E-state index is 0.122. The summed E-state index contributed by atoms with van der Waals surface area (Å²) in [5, 5.41) is 10.3. The van der Waals surface area contributed by atoms with E-state index in [-0.39, 0.29) is 5.75 Å². The lowest BCUT2D eigenvalue weighted by molar-refractivity contribution is 0.335. The van der Waals surface area contributed by atoms with Gasteiger partial charge in [0.15, 0.2) is 11.5 Å². The second-order valence-electron chi connectivity index (χ2n) is 6.82. The van der Waals surface area contributed by atoms with Crippen molar-refractivity contribution in [3.63, 3.8) is 0 Å². The number of phenols is 1. The molecule has 0 amide bonds. The molecule has 1 aromatic rings. The summed E-state index contributed by atoms with van der Waals surface area (Å²) in [6.07, 6.45) is 5.35. The van der Waals surface area contributed by atoms with Crippen molar-refractivity contribution in [3.8, 4) is 17.2 Å². The monoisotopic (exact) mass is 308 g/mol. The fourth-order valence-electron chi connectivity index (χ4n) is 2.72. The maximum atomic E-state index is 10.3. The van der Waals surface area contributed by atoms with Crippen molar-refractivity contribution in [2.24, 2.45) is 11.8 Å². The van der Waals surface area contributed by atoms with Crippen LogP contribution in [0.2, 0.25) is 0 Å². The topological polar surface area (TPSA) is 38.7 Å². The Morgan fingerprint density at radius 2 is 1.59 bits per heavy atom. The predicted molar refractivity (Wildman–Crippen MR) is 92.1 cm³/mol. The molecule has 0 saturated heterocycles. The zero-order valence-corrected chi connectivity index (χ0v) is 15.0. The fourth-order valence-corrected chi connectivity index (χ4v) is 2.72. The van der Waals surface area contributed by atoms with Crippen LogP contribution in [-0.2, 0) is 12.8 Å². The van der Waals surface area contributed by atoms with Crippen molar-refractivity contribution in [1.82, 2.24) is 0 Å². The van der Waals surface area contributed by atoms with Crippen LogP contribution in [0.5, 0.6) is 17.2 Å². The molecule has 3 nitrogen and oxygen atoms in total. The highest BCUT2D eigenvalue weighted by Gasteiger charge is 2.19. The first kappa shape index (κ1) is 18.7. The third kappa shape index (κ3) is 5.11. The minimum Gasteiger partial charge on any atom is -0.502 e. The van der Waals surface area contributed by atoms with Gasteiger partial charge in [-0.25, -0.2) is 0 Å². The Labute approximate surface area is 135 Å². The van der Waals surface area contributed by atoms with E-state index in [0.717, 1.165) is 31.2 Å². The average molecular weight is 308 g/mol. The van der Waals surface area contributed by atoms with Crippen molar-refractivity contribution in [1.29, 1.82) is 0 Å². The largest absolute Gasteiger partial charge is 0.502 e. The predicted octanol–water partition coefficient (Wildman–Crippen LogP) is 4.98. The van der Waals surface area contributed by atoms with Crippen LogP contribution in [0.3, 0.4) is 0 Å². The van der Waals surface area contributed by atoms with Gasteiger partial charge in [0.1, 0.15) is 0 Å². The average Bonchev–Trinajstić information content (AvgIpc) is 2.45. The molecule has 0 aliphatic heterocycles. The Balaban J connectivity index is 3.12. The molecule has 0 saturated carbocycles. The third-order valence-corrected chi connectivity index (χ3v) is 4.04. The first-order valence-electron chi connectivity index (χ1n) is 8.36. The summed E-state index contributed by atoms with van der Waals surface area (Å²) >= 11 is 0. The highest BCUT2D eigenvalue weighted by atomic mass is 16.5. The zero-order valence-electron chi connectivity index (χ0n) is 15.0.